The smallest absolute Gasteiger partial charge is 0.328 e. The first-order valence-electron chi connectivity index (χ1n) is 6.80. The molecule has 0 bridgehead atoms. The Morgan fingerprint density at radius 2 is 2.00 bits per heavy atom. The summed E-state index contributed by atoms with van der Waals surface area (Å²) in [4.78, 5) is 23.4. The highest BCUT2D eigenvalue weighted by Gasteiger charge is 2.22. The topological polar surface area (TPSA) is 76.7 Å². The summed E-state index contributed by atoms with van der Waals surface area (Å²) in [6.45, 7) is 1.53. The van der Waals surface area contributed by atoms with Crippen LogP contribution in [-0.2, 0) is 20.7 Å². The van der Waals surface area contributed by atoms with Crippen LogP contribution in [0.25, 0.3) is 0 Å². The van der Waals surface area contributed by atoms with Gasteiger partial charge in [-0.25, -0.2) is 9.18 Å². The number of hydrogen-bond acceptors (Lipinski definition) is 5. The number of carbonyl (C=O) groups excluding carboxylic acids is 2. The van der Waals surface area contributed by atoms with E-state index in [0.29, 0.717) is 5.56 Å². The SMILES string of the molecule is CNC(Cc1ccc(OC)c(F)c1)C(=O)NC(C)C(=O)OC. The van der Waals surface area contributed by atoms with Crippen molar-refractivity contribution in [2.45, 2.75) is 25.4 Å². The van der Waals surface area contributed by atoms with E-state index < -0.39 is 23.9 Å². The number of halogens is 1. The molecule has 0 radical (unpaired) electrons. The second kappa shape index (κ2) is 8.33. The third-order valence-electron chi connectivity index (χ3n) is 3.23. The molecule has 6 nitrogen and oxygen atoms in total. The highest BCUT2D eigenvalue weighted by atomic mass is 19.1. The first-order valence-corrected chi connectivity index (χ1v) is 6.80. The van der Waals surface area contributed by atoms with Crippen molar-refractivity contribution in [2.24, 2.45) is 0 Å². The van der Waals surface area contributed by atoms with Gasteiger partial charge in [0.05, 0.1) is 20.3 Å². The summed E-state index contributed by atoms with van der Waals surface area (Å²) >= 11 is 0. The van der Waals surface area contributed by atoms with Crippen molar-refractivity contribution < 1.29 is 23.5 Å². The summed E-state index contributed by atoms with van der Waals surface area (Å²) in [5.74, 6) is -1.23. The van der Waals surface area contributed by atoms with Crippen LogP contribution >= 0.6 is 0 Å². The van der Waals surface area contributed by atoms with E-state index in [0.717, 1.165) is 0 Å². The lowest BCUT2D eigenvalue weighted by molar-refractivity contribution is -0.144. The minimum absolute atomic E-state index is 0.147. The Hall–Kier alpha value is -2.15. The average molecular weight is 312 g/mol. The largest absolute Gasteiger partial charge is 0.494 e. The quantitative estimate of drug-likeness (QED) is 0.723. The van der Waals surface area contributed by atoms with Crippen LogP contribution in [0.1, 0.15) is 12.5 Å². The lowest BCUT2D eigenvalue weighted by Crippen LogP contribution is -2.49. The molecule has 22 heavy (non-hydrogen) atoms. The second-order valence-electron chi connectivity index (χ2n) is 4.77. The number of nitrogens with one attached hydrogen (secondary N) is 2. The Bertz CT molecular complexity index is 536. The van der Waals surface area contributed by atoms with Crippen molar-refractivity contribution in [3.63, 3.8) is 0 Å². The van der Waals surface area contributed by atoms with Crippen LogP contribution in [0.15, 0.2) is 18.2 Å². The van der Waals surface area contributed by atoms with E-state index in [9.17, 15) is 14.0 Å². The fourth-order valence-corrected chi connectivity index (χ4v) is 1.95. The average Bonchev–Trinajstić information content (AvgIpc) is 2.51. The van der Waals surface area contributed by atoms with E-state index in [2.05, 4.69) is 15.4 Å². The number of ether oxygens (including phenoxy) is 2. The lowest BCUT2D eigenvalue weighted by Gasteiger charge is -2.19. The van der Waals surface area contributed by atoms with E-state index in [1.54, 1.807) is 13.1 Å². The zero-order valence-corrected chi connectivity index (χ0v) is 13.1. The molecule has 2 unspecified atom stereocenters. The molecule has 0 aliphatic heterocycles. The van der Waals surface area contributed by atoms with Gasteiger partial charge in [0, 0.05) is 0 Å². The molecule has 0 saturated heterocycles. The van der Waals surface area contributed by atoms with E-state index >= 15 is 0 Å². The molecule has 2 atom stereocenters. The van der Waals surface area contributed by atoms with Gasteiger partial charge in [0.15, 0.2) is 11.6 Å². The minimum atomic E-state index is -0.749. The third-order valence-corrected chi connectivity index (χ3v) is 3.23. The molecular weight excluding hydrogens is 291 g/mol. The van der Waals surface area contributed by atoms with Crippen molar-refractivity contribution in [1.29, 1.82) is 0 Å². The molecule has 1 aromatic rings. The van der Waals surface area contributed by atoms with E-state index in [1.807, 2.05) is 0 Å². The zero-order chi connectivity index (χ0) is 16.7. The van der Waals surface area contributed by atoms with Gasteiger partial charge in [-0.3, -0.25) is 4.79 Å². The van der Waals surface area contributed by atoms with E-state index in [-0.39, 0.29) is 18.1 Å². The molecule has 1 amide bonds. The van der Waals surface area contributed by atoms with Crippen molar-refractivity contribution in [1.82, 2.24) is 10.6 Å². The number of amides is 1. The molecule has 1 rings (SSSR count). The highest BCUT2D eigenvalue weighted by molar-refractivity contribution is 5.87. The van der Waals surface area contributed by atoms with Crippen LogP contribution in [0.4, 0.5) is 4.39 Å². The van der Waals surface area contributed by atoms with Gasteiger partial charge in [-0.1, -0.05) is 6.07 Å². The first-order chi connectivity index (χ1) is 10.4. The maximum atomic E-state index is 13.7. The van der Waals surface area contributed by atoms with E-state index in [4.69, 9.17) is 4.74 Å². The minimum Gasteiger partial charge on any atom is -0.494 e. The Labute approximate surface area is 129 Å². The Morgan fingerprint density at radius 3 is 2.50 bits per heavy atom. The molecule has 0 aliphatic carbocycles. The third kappa shape index (κ3) is 4.70. The Kier molecular flexibility index (Phi) is 6.78. The monoisotopic (exact) mass is 312 g/mol. The summed E-state index contributed by atoms with van der Waals surface area (Å²) in [6, 6.07) is 3.16. The molecular formula is C15H21FN2O4. The second-order valence-corrected chi connectivity index (χ2v) is 4.77. The molecule has 0 fully saturated rings. The van der Waals surface area contributed by atoms with E-state index in [1.165, 1.54) is 33.3 Å². The van der Waals surface area contributed by atoms with Crippen LogP contribution in [0.5, 0.6) is 5.75 Å². The number of rotatable bonds is 7. The van der Waals surface area contributed by atoms with Gasteiger partial charge >= 0.3 is 5.97 Å². The zero-order valence-electron chi connectivity index (χ0n) is 13.1. The molecule has 2 N–H and O–H groups in total. The highest BCUT2D eigenvalue weighted by Crippen LogP contribution is 2.18. The summed E-state index contributed by atoms with van der Waals surface area (Å²) in [5, 5.41) is 5.39. The molecule has 0 heterocycles. The number of carbonyl (C=O) groups is 2. The van der Waals surface area contributed by atoms with Crippen LogP contribution in [0.2, 0.25) is 0 Å². The molecule has 0 saturated carbocycles. The Morgan fingerprint density at radius 1 is 1.32 bits per heavy atom. The number of likely N-dealkylation sites (N-methyl/N-ethyl adjacent to an activating group) is 1. The van der Waals surface area contributed by atoms with Gasteiger partial charge in [-0.2, -0.15) is 0 Å². The lowest BCUT2D eigenvalue weighted by atomic mass is 10.0. The molecule has 0 aliphatic rings. The summed E-state index contributed by atoms with van der Waals surface area (Å²) < 4.78 is 23.1. The summed E-state index contributed by atoms with van der Waals surface area (Å²) in [7, 11) is 4.25. The molecule has 0 aromatic heterocycles. The maximum Gasteiger partial charge on any atom is 0.328 e. The van der Waals surface area contributed by atoms with Crippen molar-refractivity contribution in [3.8, 4) is 5.75 Å². The van der Waals surface area contributed by atoms with Crippen LogP contribution < -0.4 is 15.4 Å². The van der Waals surface area contributed by atoms with Gasteiger partial charge < -0.3 is 20.1 Å². The normalized spacial score (nSPS) is 13.1. The fraction of sp³-hybridized carbons (Fsp3) is 0.467. The van der Waals surface area contributed by atoms with Gasteiger partial charge in [0.1, 0.15) is 6.04 Å². The molecule has 122 valence electrons. The maximum absolute atomic E-state index is 13.7. The number of methoxy groups -OCH3 is 2. The van der Waals surface area contributed by atoms with Crippen molar-refractivity contribution >= 4 is 11.9 Å². The summed E-state index contributed by atoms with van der Waals surface area (Å²) in [5.41, 5.74) is 0.638. The predicted molar refractivity (Wildman–Crippen MR) is 79.1 cm³/mol. The van der Waals surface area contributed by atoms with Gasteiger partial charge in [-0.15, -0.1) is 0 Å². The molecule has 1 aromatic carbocycles. The summed E-state index contributed by atoms with van der Waals surface area (Å²) in [6.07, 6.45) is 0.275. The van der Waals surface area contributed by atoms with Gasteiger partial charge in [0.2, 0.25) is 5.91 Å². The predicted octanol–water partition coefficient (Wildman–Crippen LogP) is 0.642. The number of esters is 1. The molecule has 7 heteroatoms. The molecule has 0 spiro atoms. The number of hydrogen-bond donors (Lipinski definition) is 2. The number of benzene rings is 1. The van der Waals surface area contributed by atoms with Crippen molar-refractivity contribution in [2.75, 3.05) is 21.3 Å². The Balaban J connectivity index is 2.73. The fourth-order valence-electron chi connectivity index (χ4n) is 1.95. The van der Waals surface area contributed by atoms with Crippen molar-refractivity contribution in [3.05, 3.63) is 29.6 Å². The standard InChI is InChI=1S/C15H21FN2O4/c1-9(15(20)22-4)18-14(19)12(17-2)8-10-5-6-13(21-3)11(16)7-10/h5-7,9,12,17H,8H2,1-4H3,(H,18,19). The van der Waals surface area contributed by atoms with Crippen LogP contribution in [-0.4, -0.2) is 45.2 Å². The van der Waals surface area contributed by atoms with Crippen LogP contribution in [0, 0.1) is 5.82 Å². The van der Waals surface area contributed by atoms with Crippen LogP contribution in [0.3, 0.4) is 0 Å². The first kappa shape index (κ1) is 17.9. The van der Waals surface area contributed by atoms with Gasteiger partial charge in [-0.05, 0) is 38.1 Å². The van der Waals surface area contributed by atoms with Gasteiger partial charge in [0.25, 0.3) is 0 Å².